The molecule has 0 aliphatic heterocycles. The molecule has 5 nitrogen and oxygen atoms in total. The molecule has 4 rings (SSSR count). The Labute approximate surface area is 199 Å². The Bertz CT molecular complexity index is 1320. The fourth-order valence-corrected chi connectivity index (χ4v) is 3.67. The fraction of sp³-hybridized carbons (Fsp3) is 0.172. The van der Waals surface area contributed by atoms with E-state index in [9.17, 15) is 9.90 Å². The summed E-state index contributed by atoms with van der Waals surface area (Å²) < 4.78 is 12.1. The van der Waals surface area contributed by atoms with Crippen LogP contribution in [0.5, 0.6) is 11.5 Å². The molecule has 0 fully saturated rings. The highest BCUT2D eigenvalue weighted by Crippen LogP contribution is 2.31. The van der Waals surface area contributed by atoms with Crippen molar-refractivity contribution in [2.45, 2.75) is 34.0 Å². The van der Waals surface area contributed by atoms with Crippen molar-refractivity contribution in [2.75, 3.05) is 0 Å². The van der Waals surface area contributed by atoms with Crippen LogP contribution in [-0.2, 0) is 13.2 Å². The molecule has 0 spiro atoms. The van der Waals surface area contributed by atoms with E-state index in [1.165, 1.54) is 0 Å². The van der Waals surface area contributed by atoms with Crippen molar-refractivity contribution >= 4 is 5.97 Å². The Kier molecular flexibility index (Phi) is 6.93. The third-order valence-corrected chi connectivity index (χ3v) is 5.56. The third-order valence-electron chi connectivity index (χ3n) is 5.56. The maximum absolute atomic E-state index is 11.9. The smallest absolute Gasteiger partial charge is 0.337 e. The highest BCUT2D eigenvalue weighted by atomic mass is 16.5. The van der Waals surface area contributed by atoms with E-state index in [2.05, 4.69) is 0 Å². The van der Waals surface area contributed by atoms with Crippen LogP contribution in [0.3, 0.4) is 0 Å². The van der Waals surface area contributed by atoms with E-state index in [0.717, 1.165) is 27.8 Å². The summed E-state index contributed by atoms with van der Waals surface area (Å²) in [7, 11) is 0. The number of rotatable bonds is 8. The molecule has 1 N–H and O–H groups in total. The van der Waals surface area contributed by atoms with Gasteiger partial charge in [-0.05, 0) is 67.8 Å². The molecule has 0 aliphatic rings. The fourth-order valence-electron chi connectivity index (χ4n) is 3.67. The maximum atomic E-state index is 11.9. The van der Waals surface area contributed by atoms with Crippen molar-refractivity contribution in [3.63, 3.8) is 0 Å². The second kappa shape index (κ2) is 10.2. The lowest BCUT2D eigenvalue weighted by Gasteiger charge is -2.15. The van der Waals surface area contributed by atoms with Crippen LogP contribution >= 0.6 is 0 Å². The van der Waals surface area contributed by atoms with E-state index < -0.39 is 5.97 Å². The summed E-state index contributed by atoms with van der Waals surface area (Å²) in [6.07, 6.45) is 0. The van der Waals surface area contributed by atoms with Crippen LogP contribution in [0.25, 0.3) is 11.3 Å². The summed E-state index contributed by atoms with van der Waals surface area (Å²) in [5.41, 5.74) is 6.09. The van der Waals surface area contributed by atoms with Gasteiger partial charge in [-0.2, -0.15) is 0 Å². The van der Waals surface area contributed by atoms with Crippen molar-refractivity contribution in [1.29, 1.82) is 0 Å². The van der Waals surface area contributed by atoms with Gasteiger partial charge in [0.15, 0.2) is 0 Å². The van der Waals surface area contributed by atoms with Gasteiger partial charge in [-0.1, -0.05) is 54.1 Å². The molecule has 34 heavy (non-hydrogen) atoms. The highest BCUT2D eigenvalue weighted by Gasteiger charge is 2.17. The lowest BCUT2D eigenvalue weighted by atomic mass is 10.0. The Balaban J connectivity index is 1.66. The number of benzene rings is 3. The summed E-state index contributed by atoms with van der Waals surface area (Å²) >= 11 is 0. The predicted octanol–water partition coefficient (Wildman–Crippen LogP) is 6.53. The number of carboxylic acids is 1. The molecule has 0 radical (unpaired) electrons. The monoisotopic (exact) mass is 453 g/mol. The van der Waals surface area contributed by atoms with E-state index in [4.69, 9.17) is 14.5 Å². The number of aryl methyl sites for hydroxylation is 3. The first-order chi connectivity index (χ1) is 16.4. The summed E-state index contributed by atoms with van der Waals surface area (Å²) in [5.74, 6) is 0.362. The highest BCUT2D eigenvalue weighted by molar-refractivity contribution is 5.89. The number of carbonyl (C=O) groups is 1. The number of carboxylic acid groups (broad SMARTS) is 1. The van der Waals surface area contributed by atoms with Gasteiger partial charge in [0.25, 0.3) is 0 Å². The topological polar surface area (TPSA) is 68.7 Å². The SMILES string of the molecule is Cc1ccc(C)c(OCc2nc(-c3cc(C)ccc3OCc3ccccc3)ccc2C(=O)O)c1. The molecule has 0 saturated heterocycles. The molecule has 0 saturated carbocycles. The van der Waals surface area contributed by atoms with E-state index in [-0.39, 0.29) is 12.2 Å². The molecular formula is C29H27NO4. The van der Waals surface area contributed by atoms with Gasteiger partial charge >= 0.3 is 5.97 Å². The molecule has 0 aliphatic carbocycles. The van der Waals surface area contributed by atoms with Crippen molar-refractivity contribution in [2.24, 2.45) is 0 Å². The molecule has 0 unspecified atom stereocenters. The molecule has 0 amide bonds. The zero-order chi connectivity index (χ0) is 24.1. The van der Waals surface area contributed by atoms with Gasteiger partial charge in [0.1, 0.15) is 24.7 Å². The van der Waals surface area contributed by atoms with Crippen LogP contribution in [0.1, 0.15) is 38.3 Å². The Hall–Kier alpha value is -4.12. The lowest BCUT2D eigenvalue weighted by Crippen LogP contribution is -2.09. The Morgan fingerprint density at radius 2 is 1.50 bits per heavy atom. The quantitative estimate of drug-likeness (QED) is 0.328. The van der Waals surface area contributed by atoms with Gasteiger partial charge in [-0.25, -0.2) is 9.78 Å². The largest absolute Gasteiger partial charge is 0.488 e. The standard InChI is InChI=1S/C29H27NO4/c1-19-10-14-27(33-17-22-7-5-4-6-8-22)24(15-19)25-13-12-23(29(31)32)26(30-25)18-34-28-16-20(2)9-11-21(28)3/h4-16H,17-18H2,1-3H3,(H,31,32). The summed E-state index contributed by atoms with van der Waals surface area (Å²) in [4.78, 5) is 16.6. The molecule has 5 heteroatoms. The number of hydrogen-bond acceptors (Lipinski definition) is 4. The van der Waals surface area contributed by atoms with Crippen LogP contribution < -0.4 is 9.47 Å². The van der Waals surface area contributed by atoms with Crippen LogP contribution in [0.4, 0.5) is 0 Å². The third kappa shape index (κ3) is 5.44. The normalized spacial score (nSPS) is 10.7. The molecule has 0 atom stereocenters. The predicted molar refractivity (Wildman–Crippen MR) is 132 cm³/mol. The molecule has 1 aromatic heterocycles. The number of ether oxygens (including phenoxy) is 2. The molecular weight excluding hydrogens is 426 g/mol. The molecule has 0 bridgehead atoms. The first-order valence-corrected chi connectivity index (χ1v) is 11.1. The summed E-state index contributed by atoms with van der Waals surface area (Å²) in [5, 5.41) is 9.71. The minimum atomic E-state index is -1.04. The van der Waals surface area contributed by atoms with Gasteiger partial charge in [0.2, 0.25) is 0 Å². The van der Waals surface area contributed by atoms with E-state index >= 15 is 0 Å². The molecule has 4 aromatic rings. The second-order valence-corrected chi connectivity index (χ2v) is 8.33. The van der Waals surface area contributed by atoms with Crippen molar-refractivity contribution in [3.05, 3.63) is 112 Å². The van der Waals surface area contributed by atoms with E-state index in [0.29, 0.717) is 29.5 Å². The minimum absolute atomic E-state index is 0.0474. The molecule has 1 heterocycles. The van der Waals surface area contributed by atoms with Crippen molar-refractivity contribution < 1.29 is 19.4 Å². The summed E-state index contributed by atoms with van der Waals surface area (Å²) in [6, 6.07) is 25.1. The zero-order valence-corrected chi connectivity index (χ0v) is 19.5. The first kappa shape index (κ1) is 23.1. The van der Waals surface area contributed by atoms with Crippen LogP contribution in [0.2, 0.25) is 0 Å². The summed E-state index contributed by atoms with van der Waals surface area (Å²) in [6.45, 7) is 6.42. The Morgan fingerprint density at radius 3 is 2.26 bits per heavy atom. The van der Waals surface area contributed by atoms with Gasteiger partial charge in [-0.15, -0.1) is 0 Å². The average molecular weight is 454 g/mol. The number of pyridine rings is 1. The lowest BCUT2D eigenvalue weighted by molar-refractivity contribution is 0.0693. The van der Waals surface area contributed by atoms with Gasteiger partial charge < -0.3 is 14.6 Å². The average Bonchev–Trinajstić information content (AvgIpc) is 2.84. The van der Waals surface area contributed by atoms with Gasteiger partial charge in [0, 0.05) is 5.56 Å². The minimum Gasteiger partial charge on any atom is -0.488 e. The number of aromatic carboxylic acids is 1. The van der Waals surface area contributed by atoms with Crippen LogP contribution in [0, 0.1) is 20.8 Å². The van der Waals surface area contributed by atoms with Gasteiger partial charge in [0.05, 0.1) is 17.0 Å². The van der Waals surface area contributed by atoms with Crippen molar-refractivity contribution in [1.82, 2.24) is 4.98 Å². The number of aromatic nitrogens is 1. The second-order valence-electron chi connectivity index (χ2n) is 8.33. The molecule has 3 aromatic carbocycles. The number of nitrogens with zero attached hydrogens (tertiary/aromatic N) is 1. The zero-order valence-electron chi connectivity index (χ0n) is 19.5. The maximum Gasteiger partial charge on any atom is 0.337 e. The van der Waals surface area contributed by atoms with Crippen LogP contribution in [-0.4, -0.2) is 16.1 Å². The van der Waals surface area contributed by atoms with Gasteiger partial charge in [-0.3, -0.25) is 0 Å². The van der Waals surface area contributed by atoms with E-state index in [1.807, 2.05) is 87.5 Å². The van der Waals surface area contributed by atoms with Crippen LogP contribution in [0.15, 0.2) is 78.9 Å². The molecule has 172 valence electrons. The number of hydrogen-bond donors (Lipinski definition) is 1. The van der Waals surface area contributed by atoms with E-state index in [1.54, 1.807) is 12.1 Å². The van der Waals surface area contributed by atoms with Crippen molar-refractivity contribution in [3.8, 4) is 22.8 Å². The first-order valence-electron chi connectivity index (χ1n) is 11.1. The Morgan fingerprint density at radius 1 is 0.794 bits per heavy atom.